The lowest BCUT2D eigenvalue weighted by Crippen LogP contribution is -2.08. The number of anilines is 1. The summed E-state index contributed by atoms with van der Waals surface area (Å²) in [5.74, 6) is -1.71. The van der Waals surface area contributed by atoms with E-state index < -0.39 is 27.4 Å². The van der Waals surface area contributed by atoms with Crippen LogP contribution < -0.4 is 4.72 Å². The van der Waals surface area contributed by atoms with Gasteiger partial charge in [-0.05, 0) is 0 Å². The van der Waals surface area contributed by atoms with E-state index in [9.17, 15) is 18.6 Å². The minimum Gasteiger partial charge on any atom is -0.502 e. The monoisotopic (exact) mass is 301 g/mol. The predicted octanol–water partition coefficient (Wildman–Crippen LogP) is 1.78. The van der Waals surface area contributed by atoms with Gasteiger partial charge in [0, 0.05) is 16.9 Å². The molecule has 102 valence electrons. The molecular formula is C11H11NO5S2. The summed E-state index contributed by atoms with van der Waals surface area (Å²) in [6.45, 7) is 0. The van der Waals surface area contributed by atoms with Crippen LogP contribution in [0.15, 0.2) is 22.6 Å². The molecule has 0 amide bonds. The van der Waals surface area contributed by atoms with Gasteiger partial charge in [-0.1, -0.05) is 30.4 Å². The van der Waals surface area contributed by atoms with Gasteiger partial charge in [-0.2, -0.15) is 0 Å². The second-order valence-corrected chi connectivity index (χ2v) is 6.21. The summed E-state index contributed by atoms with van der Waals surface area (Å²) in [4.78, 5) is 0.525. The van der Waals surface area contributed by atoms with Crippen LogP contribution in [0.2, 0.25) is 0 Å². The molecule has 6 nitrogen and oxygen atoms in total. The third-order valence-electron chi connectivity index (χ3n) is 2.38. The fourth-order valence-corrected chi connectivity index (χ4v) is 2.31. The zero-order chi connectivity index (χ0) is 14.2. The SMILES string of the molecule is CS(=O)(=O)Nc1oc(C2=CC=CCC2=S)c(O)c1O. The van der Waals surface area contributed by atoms with Crippen molar-refractivity contribution >= 4 is 38.6 Å². The second kappa shape index (κ2) is 4.71. The van der Waals surface area contributed by atoms with Crippen molar-refractivity contribution in [1.82, 2.24) is 0 Å². The molecule has 19 heavy (non-hydrogen) atoms. The molecule has 0 saturated carbocycles. The summed E-state index contributed by atoms with van der Waals surface area (Å²) >= 11 is 5.12. The number of hydrogen-bond donors (Lipinski definition) is 3. The Morgan fingerprint density at radius 1 is 1.37 bits per heavy atom. The molecule has 1 aromatic heterocycles. The molecule has 0 aliphatic heterocycles. The number of nitrogens with one attached hydrogen (secondary N) is 1. The summed E-state index contributed by atoms with van der Waals surface area (Å²) < 4.78 is 29.3. The number of sulfonamides is 1. The Morgan fingerprint density at radius 2 is 2.05 bits per heavy atom. The van der Waals surface area contributed by atoms with Gasteiger partial charge in [-0.15, -0.1) is 0 Å². The second-order valence-electron chi connectivity index (χ2n) is 3.97. The Morgan fingerprint density at radius 3 is 2.63 bits per heavy atom. The molecule has 1 aromatic rings. The van der Waals surface area contributed by atoms with Crippen molar-refractivity contribution < 1.29 is 23.0 Å². The smallest absolute Gasteiger partial charge is 0.253 e. The highest BCUT2D eigenvalue weighted by Crippen LogP contribution is 2.44. The number of furan rings is 1. The molecule has 0 unspecified atom stereocenters. The Bertz CT molecular complexity index is 697. The lowest BCUT2D eigenvalue weighted by Gasteiger charge is -2.07. The van der Waals surface area contributed by atoms with E-state index in [1.165, 1.54) is 0 Å². The van der Waals surface area contributed by atoms with Crippen molar-refractivity contribution in [2.75, 3.05) is 11.0 Å². The fourth-order valence-electron chi connectivity index (χ4n) is 1.58. The van der Waals surface area contributed by atoms with Gasteiger partial charge in [0.05, 0.1) is 6.26 Å². The van der Waals surface area contributed by atoms with E-state index in [0.717, 1.165) is 6.26 Å². The predicted molar refractivity (Wildman–Crippen MR) is 74.8 cm³/mol. The van der Waals surface area contributed by atoms with E-state index >= 15 is 0 Å². The van der Waals surface area contributed by atoms with E-state index in [0.29, 0.717) is 16.9 Å². The van der Waals surface area contributed by atoms with Crippen molar-refractivity contribution in [3.05, 3.63) is 24.0 Å². The first kappa shape index (κ1) is 13.6. The molecule has 2 rings (SSSR count). The van der Waals surface area contributed by atoms with E-state index in [1.54, 1.807) is 12.2 Å². The van der Waals surface area contributed by atoms with Gasteiger partial charge >= 0.3 is 0 Å². The largest absolute Gasteiger partial charge is 0.502 e. The lowest BCUT2D eigenvalue weighted by molar-refractivity contribution is 0.408. The molecule has 0 bridgehead atoms. The molecule has 0 fully saturated rings. The van der Waals surface area contributed by atoms with Crippen LogP contribution in [-0.2, 0) is 10.0 Å². The minimum absolute atomic E-state index is 0.0574. The van der Waals surface area contributed by atoms with Crippen molar-refractivity contribution in [2.24, 2.45) is 0 Å². The van der Waals surface area contributed by atoms with Crippen LogP contribution in [0.1, 0.15) is 12.2 Å². The van der Waals surface area contributed by atoms with Crippen LogP contribution >= 0.6 is 12.2 Å². The van der Waals surface area contributed by atoms with Gasteiger partial charge < -0.3 is 14.6 Å². The van der Waals surface area contributed by atoms with Gasteiger partial charge in [0.2, 0.25) is 21.5 Å². The number of thiocarbonyl (C=S) groups is 1. The molecule has 0 atom stereocenters. The average Bonchev–Trinajstić information content (AvgIpc) is 2.56. The highest BCUT2D eigenvalue weighted by molar-refractivity contribution is 7.92. The standard InChI is InChI=1S/C11H11NO5S2/c1-19(15,16)12-11-9(14)8(13)10(17-11)6-4-2-3-5-7(6)18/h2-4,12-14H,5H2,1H3. The molecule has 3 N–H and O–H groups in total. The van der Waals surface area contributed by atoms with E-state index in [-0.39, 0.29) is 5.76 Å². The molecule has 1 heterocycles. The van der Waals surface area contributed by atoms with Gasteiger partial charge in [-0.25, -0.2) is 8.42 Å². The number of rotatable bonds is 3. The molecular weight excluding hydrogens is 290 g/mol. The lowest BCUT2D eigenvalue weighted by atomic mass is 10.0. The molecule has 0 spiro atoms. The van der Waals surface area contributed by atoms with Crippen LogP contribution in [0.3, 0.4) is 0 Å². The van der Waals surface area contributed by atoms with Crippen molar-refractivity contribution in [2.45, 2.75) is 6.42 Å². The maximum atomic E-state index is 11.1. The number of hydrogen-bond acceptors (Lipinski definition) is 6. The first-order valence-electron chi connectivity index (χ1n) is 5.22. The third kappa shape index (κ3) is 2.79. The molecule has 8 heteroatoms. The third-order valence-corrected chi connectivity index (χ3v) is 3.33. The molecule has 1 aliphatic carbocycles. The summed E-state index contributed by atoms with van der Waals surface area (Å²) in [6, 6.07) is 0. The van der Waals surface area contributed by atoms with Crippen molar-refractivity contribution in [3.8, 4) is 11.5 Å². The molecule has 0 saturated heterocycles. The van der Waals surface area contributed by atoms with Crippen LogP contribution in [0, 0.1) is 0 Å². The summed E-state index contributed by atoms with van der Waals surface area (Å²) in [5, 5.41) is 19.4. The maximum Gasteiger partial charge on any atom is 0.253 e. The fraction of sp³-hybridized carbons (Fsp3) is 0.182. The van der Waals surface area contributed by atoms with Crippen LogP contribution in [0.4, 0.5) is 5.88 Å². The topological polar surface area (TPSA) is 99.8 Å². The normalized spacial score (nSPS) is 15.4. The summed E-state index contributed by atoms with van der Waals surface area (Å²) in [7, 11) is -3.63. The highest BCUT2D eigenvalue weighted by Gasteiger charge is 2.25. The maximum absolute atomic E-state index is 11.1. The van der Waals surface area contributed by atoms with Gasteiger partial charge in [0.25, 0.3) is 5.88 Å². The zero-order valence-corrected chi connectivity index (χ0v) is 11.5. The first-order chi connectivity index (χ1) is 8.79. The van der Waals surface area contributed by atoms with E-state index in [1.807, 2.05) is 10.8 Å². The molecule has 0 aromatic carbocycles. The Hall–Kier alpha value is -1.80. The van der Waals surface area contributed by atoms with Gasteiger partial charge in [0.15, 0.2) is 5.76 Å². The summed E-state index contributed by atoms with van der Waals surface area (Å²) in [5.41, 5.74) is 0.437. The Kier molecular flexibility index (Phi) is 3.38. The van der Waals surface area contributed by atoms with Crippen LogP contribution in [0.5, 0.6) is 11.5 Å². The molecule has 0 radical (unpaired) electrons. The Balaban J connectivity index is 2.49. The molecule has 1 aliphatic rings. The minimum atomic E-state index is -3.63. The number of aromatic hydroxyl groups is 2. The first-order valence-corrected chi connectivity index (χ1v) is 7.52. The van der Waals surface area contributed by atoms with E-state index in [2.05, 4.69) is 0 Å². The van der Waals surface area contributed by atoms with E-state index in [4.69, 9.17) is 16.6 Å². The highest BCUT2D eigenvalue weighted by atomic mass is 32.2. The van der Waals surface area contributed by atoms with Crippen molar-refractivity contribution in [3.63, 3.8) is 0 Å². The van der Waals surface area contributed by atoms with Gasteiger partial charge in [-0.3, -0.25) is 4.72 Å². The van der Waals surface area contributed by atoms with Crippen LogP contribution in [0.25, 0.3) is 5.57 Å². The van der Waals surface area contributed by atoms with Gasteiger partial charge in [0.1, 0.15) is 0 Å². The average molecular weight is 301 g/mol. The quantitative estimate of drug-likeness (QED) is 0.736. The van der Waals surface area contributed by atoms with Crippen molar-refractivity contribution in [1.29, 1.82) is 0 Å². The summed E-state index contributed by atoms with van der Waals surface area (Å²) in [6.07, 6.45) is 6.60. The van der Waals surface area contributed by atoms with Crippen LogP contribution in [-0.4, -0.2) is 29.8 Å². The number of allylic oxidation sites excluding steroid dienone is 4. The Labute approximate surface area is 115 Å². The zero-order valence-electron chi connectivity index (χ0n) is 9.87.